The van der Waals surface area contributed by atoms with Crippen molar-refractivity contribution in [1.29, 1.82) is 5.26 Å². The maximum absolute atomic E-state index is 13.5. The standard InChI is InChI=1S/C24H23Cl2N3OS/c1-4-14-6-8-20(31-14)21-15(12-27)23(28)29(13-5-7-16(25)17(26)9-13)18-10-24(2,3)11-19(30)22(18)21/h5-9,21H,4,10-11,28H2,1-3H3/t21-/m1/s1. The first-order chi connectivity index (χ1) is 14.7. The van der Waals surface area contributed by atoms with Crippen molar-refractivity contribution in [3.05, 3.63) is 72.8 Å². The molecule has 1 aromatic heterocycles. The van der Waals surface area contributed by atoms with E-state index in [2.05, 4.69) is 32.9 Å². The summed E-state index contributed by atoms with van der Waals surface area (Å²) in [5, 5.41) is 10.9. The summed E-state index contributed by atoms with van der Waals surface area (Å²) in [7, 11) is 0. The number of aryl methyl sites for hydroxylation is 1. The Balaban J connectivity index is 1.99. The molecule has 7 heteroatoms. The van der Waals surface area contributed by atoms with Gasteiger partial charge in [-0.05, 0) is 48.6 Å². The lowest BCUT2D eigenvalue weighted by Crippen LogP contribution is -2.42. The highest BCUT2D eigenvalue weighted by Gasteiger charge is 2.45. The van der Waals surface area contributed by atoms with Crippen molar-refractivity contribution in [2.45, 2.75) is 46.0 Å². The lowest BCUT2D eigenvalue weighted by molar-refractivity contribution is -0.118. The third-order valence-electron chi connectivity index (χ3n) is 5.86. The molecule has 2 aliphatic rings. The second-order valence-electron chi connectivity index (χ2n) is 8.74. The number of nitriles is 1. The largest absolute Gasteiger partial charge is 0.384 e. The Kier molecular flexibility index (Phi) is 5.68. The Morgan fingerprint density at radius 1 is 1.23 bits per heavy atom. The predicted molar refractivity (Wildman–Crippen MR) is 127 cm³/mol. The Morgan fingerprint density at radius 2 is 1.97 bits per heavy atom. The Hall–Kier alpha value is -2.26. The fourth-order valence-electron chi connectivity index (χ4n) is 4.45. The first kappa shape index (κ1) is 22.0. The van der Waals surface area contributed by atoms with Gasteiger partial charge in [-0.3, -0.25) is 9.69 Å². The minimum Gasteiger partial charge on any atom is -0.384 e. The van der Waals surface area contributed by atoms with E-state index in [4.69, 9.17) is 28.9 Å². The quantitative estimate of drug-likeness (QED) is 0.549. The minimum absolute atomic E-state index is 0.0630. The average molecular weight is 472 g/mol. The van der Waals surface area contributed by atoms with Crippen LogP contribution in [0.25, 0.3) is 0 Å². The van der Waals surface area contributed by atoms with Crippen LogP contribution >= 0.6 is 34.5 Å². The number of ketones is 1. The molecule has 160 valence electrons. The molecule has 0 radical (unpaired) electrons. The predicted octanol–water partition coefficient (Wildman–Crippen LogP) is 6.56. The molecule has 1 aliphatic carbocycles. The second kappa shape index (κ2) is 8.02. The molecule has 0 bridgehead atoms. The van der Waals surface area contributed by atoms with Crippen molar-refractivity contribution >= 4 is 46.0 Å². The van der Waals surface area contributed by atoms with Gasteiger partial charge in [0, 0.05) is 33.1 Å². The molecule has 0 fully saturated rings. The highest BCUT2D eigenvalue weighted by atomic mass is 35.5. The molecule has 0 amide bonds. The summed E-state index contributed by atoms with van der Waals surface area (Å²) in [6.07, 6.45) is 2.00. The number of Topliss-reactive ketones (excluding diaryl/α,β-unsaturated/α-hetero) is 1. The van der Waals surface area contributed by atoms with Gasteiger partial charge in [-0.25, -0.2) is 0 Å². The monoisotopic (exact) mass is 471 g/mol. The van der Waals surface area contributed by atoms with E-state index >= 15 is 0 Å². The maximum Gasteiger partial charge on any atom is 0.162 e. The number of halogens is 2. The molecule has 1 aliphatic heterocycles. The summed E-state index contributed by atoms with van der Waals surface area (Å²) < 4.78 is 0. The second-order valence-corrected chi connectivity index (χ2v) is 10.8. The van der Waals surface area contributed by atoms with Crippen LogP contribution in [0.3, 0.4) is 0 Å². The van der Waals surface area contributed by atoms with Crippen molar-refractivity contribution in [2.24, 2.45) is 11.1 Å². The van der Waals surface area contributed by atoms with Crippen LogP contribution < -0.4 is 10.6 Å². The average Bonchev–Trinajstić information content (AvgIpc) is 3.17. The summed E-state index contributed by atoms with van der Waals surface area (Å²) in [5.74, 6) is -0.0393. The van der Waals surface area contributed by atoms with Crippen LogP contribution in [0.4, 0.5) is 5.69 Å². The molecule has 4 nitrogen and oxygen atoms in total. The fourth-order valence-corrected chi connectivity index (χ4v) is 5.82. The number of rotatable bonds is 3. The van der Waals surface area contributed by atoms with Gasteiger partial charge in [0.05, 0.1) is 27.6 Å². The number of benzene rings is 1. The van der Waals surface area contributed by atoms with Crippen LogP contribution in [0.15, 0.2) is 53.0 Å². The molecule has 1 aromatic carbocycles. The van der Waals surface area contributed by atoms with E-state index in [-0.39, 0.29) is 11.2 Å². The van der Waals surface area contributed by atoms with Crippen LogP contribution in [-0.4, -0.2) is 5.78 Å². The van der Waals surface area contributed by atoms with Crippen molar-refractivity contribution < 1.29 is 4.79 Å². The van der Waals surface area contributed by atoms with Gasteiger partial charge in [0.15, 0.2) is 5.78 Å². The summed E-state index contributed by atoms with van der Waals surface area (Å²) in [6.45, 7) is 6.25. The maximum atomic E-state index is 13.5. The van der Waals surface area contributed by atoms with Crippen LogP contribution in [0.5, 0.6) is 0 Å². The topological polar surface area (TPSA) is 70.1 Å². The number of nitrogens with two attached hydrogens (primary N) is 1. The Morgan fingerprint density at radius 3 is 2.58 bits per heavy atom. The van der Waals surface area contributed by atoms with Gasteiger partial charge < -0.3 is 5.73 Å². The number of carbonyl (C=O) groups is 1. The number of allylic oxidation sites excluding steroid dienone is 3. The van der Waals surface area contributed by atoms with E-state index in [1.165, 1.54) is 4.88 Å². The number of carbonyl (C=O) groups excluding carboxylic acids is 1. The molecule has 0 unspecified atom stereocenters. The highest BCUT2D eigenvalue weighted by Crippen LogP contribution is 2.51. The molecule has 0 saturated heterocycles. The molecule has 0 saturated carbocycles. The minimum atomic E-state index is -0.437. The molecule has 1 atom stereocenters. The van der Waals surface area contributed by atoms with E-state index in [0.717, 1.165) is 17.0 Å². The third-order valence-corrected chi connectivity index (χ3v) is 7.89. The van der Waals surface area contributed by atoms with Gasteiger partial charge in [0.1, 0.15) is 5.82 Å². The zero-order valence-electron chi connectivity index (χ0n) is 17.6. The SMILES string of the molecule is CCc1ccc([C@H]2C(C#N)=C(N)N(c3ccc(Cl)c(Cl)c3)C3=C2C(=O)CC(C)(C)C3)s1. The van der Waals surface area contributed by atoms with Crippen molar-refractivity contribution in [3.8, 4) is 6.07 Å². The molecule has 2 aromatic rings. The lowest BCUT2D eigenvalue weighted by atomic mass is 9.69. The molecule has 0 spiro atoms. The van der Waals surface area contributed by atoms with Crippen molar-refractivity contribution in [1.82, 2.24) is 0 Å². The molecular weight excluding hydrogens is 449 g/mol. The van der Waals surface area contributed by atoms with E-state index in [1.54, 1.807) is 23.5 Å². The number of anilines is 1. The van der Waals surface area contributed by atoms with Gasteiger partial charge in [0.2, 0.25) is 0 Å². The Bertz CT molecular complexity index is 1190. The summed E-state index contributed by atoms with van der Waals surface area (Å²) in [6, 6.07) is 11.6. The molecule has 31 heavy (non-hydrogen) atoms. The highest BCUT2D eigenvalue weighted by molar-refractivity contribution is 7.12. The number of nitrogens with zero attached hydrogens (tertiary/aromatic N) is 2. The van der Waals surface area contributed by atoms with Gasteiger partial charge in [-0.1, -0.05) is 44.0 Å². The number of thiophene rings is 1. The summed E-state index contributed by atoms with van der Waals surface area (Å²) in [5.41, 5.74) is 9.00. The molecule has 2 heterocycles. The van der Waals surface area contributed by atoms with E-state index < -0.39 is 5.92 Å². The van der Waals surface area contributed by atoms with Gasteiger partial charge in [-0.15, -0.1) is 11.3 Å². The normalized spacial score (nSPS) is 20.7. The van der Waals surface area contributed by atoms with E-state index in [1.807, 2.05) is 17.0 Å². The lowest BCUT2D eigenvalue weighted by Gasteiger charge is -2.43. The van der Waals surface area contributed by atoms with Crippen LogP contribution in [0.1, 0.15) is 49.3 Å². The first-order valence-electron chi connectivity index (χ1n) is 10.2. The number of hydrogen-bond acceptors (Lipinski definition) is 5. The summed E-state index contributed by atoms with van der Waals surface area (Å²) >= 11 is 14.1. The molecule has 2 N–H and O–H groups in total. The van der Waals surface area contributed by atoms with Crippen molar-refractivity contribution in [2.75, 3.05) is 4.90 Å². The van der Waals surface area contributed by atoms with Crippen LogP contribution in [0, 0.1) is 16.7 Å². The van der Waals surface area contributed by atoms with Gasteiger partial charge in [-0.2, -0.15) is 5.26 Å². The first-order valence-corrected chi connectivity index (χ1v) is 11.7. The molecular formula is C24H23Cl2N3OS. The molecule has 4 rings (SSSR count). The van der Waals surface area contributed by atoms with E-state index in [9.17, 15) is 10.1 Å². The van der Waals surface area contributed by atoms with Crippen LogP contribution in [-0.2, 0) is 11.2 Å². The van der Waals surface area contributed by atoms with Gasteiger partial charge >= 0.3 is 0 Å². The van der Waals surface area contributed by atoms with Crippen molar-refractivity contribution in [3.63, 3.8) is 0 Å². The van der Waals surface area contributed by atoms with E-state index in [0.29, 0.717) is 45.5 Å². The number of hydrogen-bond donors (Lipinski definition) is 1. The Labute approximate surface area is 196 Å². The van der Waals surface area contributed by atoms with Gasteiger partial charge in [0.25, 0.3) is 0 Å². The zero-order chi connectivity index (χ0) is 22.5. The van der Waals surface area contributed by atoms with Crippen LogP contribution in [0.2, 0.25) is 10.0 Å². The fraction of sp³-hybridized carbons (Fsp3) is 0.333. The zero-order valence-corrected chi connectivity index (χ0v) is 20.0. The summed E-state index contributed by atoms with van der Waals surface area (Å²) in [4.78, 5) is 17.5. The smallest absolute Gasteiger partial charge is 0.162 e. The third kappa shape index (κ3) is 3.78.